The monoisotopic (exact) mass is 404 g/mol. The maximum absolute atomic E-state index is 12.4. The minimum Gasteiger partial charge on any atom is -0.497 e. The fourth-order valence-electron chi connectivity index (χ4n) is 2.67. The zero-order valence-electron chi connectivity index (χ0n) is 15.9. The normalized spacial score (nSPS) is 11.2. The molecule has 7 heteroatoms. The lowest BCUT2D eigenvalue weighted by atomic mass is 10.1. The van der Waals surface area contributed by atoms with Gasteiger partial charge in [-0.3, -0.25) is 4.57 Å². The third-order valence-corrected chi connectivity index (χ3v) is 5.36. The Morgan fingerprint density at radius 1 is 1.00 bits per heavy atom. The third kappa shape index (κ3) is 4.84. The van der Waals surface area contributed by atoms with Crippen LogP contribution < -0.4 is 9.47 Å². The Hall–Kier alpha value is -2.54. The fourth-order valence-corrected chi connectivity index (χ4v) is 3.61. The Morgan fingerprint density at radius 2 is 1.64 bits per heavy atom. The smallest absolute Gasteiger partial charge is 0.387 e. The van der Waals surface area contributed by atoms with Gasteiger partial charge < -0.3 is 9.47 Å². The second-order valence-electron chi connectivity index (χ2n) is 6.57. The average molecular weight is 404 g/mol. The van der Waals surface area contributed by atoms with Crippen LogP contribution in [0.15, 0.2) is 59.9 Å². The summed E-state index contributed by atoms with van der Waals surface area (Å²) in [5.41, 5.74) is 2.73. The summed E-state index contributed by atoms with van der Waals surface area (Å²) in [6.07, 6.45) is 1.83. The molecule has 2 aromatic carbocycles. The molecule has 0 unspecified atom stereocenters. The Morgan fingerprint density at radius 3 is 2.21 bits per heavy atom. The highest BCUT2D eigenvalue weighted by atomic mass is 32.2. The van der Waals surface area contributed by atoms with Crippen LogP contribution in [0.1, 0.15) is 13.8 Å². The van der Waals surface area contributed by atoms with Crippen molar-refractivity contribution < 1.29 is 18.3 Å². The molecule has 0 radical (unpaired) electrons. The van der Waals surface area contributed by atoms with E-state index >= 15 is 0 Å². The summed E-state index contributed by atoms with van der Waals surface area (Å²) < 4.78 is 36.6. The Balaban J connectivity index is 2.00. The van der Waals surface area contributed by atoms with Crippen molar-refractivity contribution in [3.05, 3.63) is 54.7 Å². The topological polar surface area (TPSA) is 36.3 Å². The van der Waals surface area contributed by atoms with E-state index in [0.29, 0.717) is 5.92 Å². The van der Waals surface area contributed by atoms with Gasteiger partial charge in [0.15, 0.2) is 5.16 Å². The van der Waals surface area contributed by atoms with Gasteiger partial charge in [-0.05, 0) is 54.4 Å². The quantitative estimate of drug-likeness (QED) is 0.438. The summed E-state index contributed by atoms with van der Waals surface area (Å²) in [5, 5.41) is 0.849. The molecular formula is C21H22F2N2O2S. The number of aromatic nitrogens is 2. The number of alkyl halides is 2. The highest BCUT2D eigenvalue weighted by molar-refractivity contribution is 7.99. The van der Waals surface area contributed by atoms with Gasteiger partial charge in [0, 0.05) is 17.0 Å². The number of benzene rings is 2. The molecule has 0 spiro atoms. The van der Waals surface area contributed by atoms with Crippen molar-refractivity contribution in [2.45, 2.75) is 25.6 Å². The lowest BCUT2D eigenvalue weighted by Crippen LogP contribution is -2.03. The lowest BCUT2D eigenvalue weighted by Gasteiger charge is -2.14. The largest absolute Gasteiger partial charge is 0.497 e. The number of ether oxygens (including phenoxy) is 2. The molecule has 0 aliphatic rings. The van der Waals surface area contributed by atoms with Gasteiger partial charge in [-0.1, -0.05) is 25.6 Å². The predicted octanol–water partition coefficient (Wildman–Crippen LogP) is 5.90. The maximum atomic E-state index is 12.4. The van der Waals surface area contributed by atoms with E-state index in [1.807, 2.05) is 35.0 Å². The van der Waals surface area contributed by atoms with Gasteiger partial charge in [0.25, 0.3) is 0 Å². The molecule has 0 saturated carbocycles. The van der Waals surface area contributed by atoms with Crippen LogP contribution in [-0.4, -0.2) is 29.0 Å². The molecule has 1 aromatic heterocycles. The summed E-state index contributed by atoms with van der Waals surface area (Å²) in [7, 11) is 1.63. The number of halogens is 2. The van der Waals surface area contributed by atoms with E-state index in [1.165, 1.54) is 12.1 Å². The zero-order valence-corrected chi connectivity index (χ0v) is 16.7. The Bertz CT molecular complexity index is 894. The van der Waals surface area contributed by atoms with Crippen molar-refractivity contribution in [3.63, 3.8) is 0 Å². The van der Waals surface area contributed by atoms with Crippen LogP contribution in [-0.2, 0) is 0 Å². The van der Waals surface area contributed by atoms with Gasteiger partial charge in [0.05, 0.1) is 19.0 Å². The summed E-state index contributed by atoms with van der Waals surface area (Å²) in [4.78, 5) is 4.60. The van der Waals surface area contributed by atoms with E-state index < -0.39 is 6.61 Å². The first-order valence-electron chi connectivity index (χ1n) is 8.88. The van der Waals surface area contributed by atoms with Gasteiger partial charge in [-0.25, -0.2) is 4.98 Å². The molecule has 0 amide bonds. The molecule has 28 heavy (non-hydrogen) atoms. The number of thioether (sulfide) groups is 1. The molecule has 1 heterocycles. The number of rotatable bonds is 8. The molecule has 3 aromatic rings. The first kappa shape index (κ1) is 20.2. The van der Waals surface area contributed by atoms with Crippen LogP contribution >= 0.6 is 11.8 Å². The second-order valence-corrected chi connectivity index (χ2v) is 7.55. The zero-order chi connectivity index (χ0) is 20.1. The van der Waals surface area contributed by atoms with E-state index in [4.69, 9.17) is 4.74 Å². The minimum atomic E-state index is -2.84. The molecule has 4 nitrogen and oxygen atoms in total. The fraction of sp³-hybridized carbons (Fsp3) is 0.286. The molecule has 0 atom stereocenters. The van der Waals surface area contributed by atoms with E-state index in [2.05, 4.69) is 23.6 Å². The molecular weight excluding hydrogens is 382 g/mol. The van der Waals surface area contributed by atoms with Crippen molar-refractivity contribution in [2.75, 3.05) is 12.9 Å². The molecule has 0 aliphatic carbocycles. The minimum absolute atomic E-state index is 0.126. The van der Waals surface area contributed by atoms with Crippen LogP contribution in [0.3, 0.4) is 0 Å². The predicted molar refractivity (Wildman–Crippen MR) is 108 cm³/mol. The van der Waals surface area contributed by atoms with Crippen molar-refractivity contribution in [1.29, 1.82) is 0 Å². The summed E-state index contributed by atoms with van der Waals surface area (Å²) in [6.45, 7) is 1.47. The highest BCUT2D eigenvalue weighted by Crippen LogP contribution is 2.32. The van der Waals surface area contributed by atoms with Gasteiger partial charge in [0.2, 0.25) is 0 Å². The lowest BCUT2D eigenvalue weighted by molar-refractivity contribution is -0.0498. The van der Waals surface area contributed by atoms with Crippen molar-refractivity contribution in [3.8, 4) is 28.4 Å². The molecule has 0 saturated heterocycles. The number of hydrogen-bond donors (Lipinski definition) is 0. The van der Waals surface area contributed by atoms with Gasteiger partial charge in [-0.15, -0.1) is 0 Å². The summed E-state index contributed by atoms with van der Waals surface area (Å²) >= 11 is 1.66. The standard InChI is InChI=1S/C21H22F2N2O2S/c1-14(2)13-28-21-24-12-19(15-4-8-17(26-3)9-5-15)25(21)16-6-10-18(11-7-16)27-20(22)23/h4-12,14,20H,13H2,1-3H3. The van der Waals surface area contributed by atoms with Crippen molar-refractivity contribution in [2.24, 2.45) is 5.92 Å². The van der Waals surface area contributed by atoms with Gasteiger partial charge >= 0.3 is 6.61 Å². The van der Waals surface area contributed by atoms with Crippen LogP contribution in [0, 0.1) is 5.92 Å². The highest BCUT2D eigenvalue weighted by Gasteiger charge is 2.15. The number of imidazole rings is 1. The van der Waals surface area contributed by atoms with Crippen LogP contribution in [0.2, 0.25) is 0 Å². The number of nitrogens with zero attached hydrogens (tertiary/aromatic N) is 2. The van der Waals surface area contributed by atoms with Crippen LogP contribution in [0.25, 0.3) is 16.9 Å². The van der Waals surface area contributed by atoms with Crippen LogP contribution in [0.4, 0.5) is 8.78 Å². The summed E-state index contributed by atoms with van der Waals surface area (Å²) in [6, 6.07) is 14.3. The molecule has 3 rings (SSSR count). The van der Waals surface area contributed by atoms with Crippen LogP contribution in [0.5, 0.6) is 11.5 Å². The van der Waals surface area contributed by atoms with E-state index in [1.54, 1.807) is 31.0 Å². The van der Waals surface area contributed by atoms with E-state index in [-0.39, 0.29) is 5.75 Å². The first-order chi connectivity index (χ1) is 13.5. The van der Waals surface area contributed by atoms with Crippen molar-refractivity contribution in [1.82, 2.24) is 9.55 Å². The van der Waals surface area contributed by atoms with Gasteiger partial charge in [-0.2, -0.15) is 8.78 Å². The molecule has 0 bridgehead atoms. The summed E-state index contributed by atoms with van der Waals surface area (Å²) in [5.74, 6) is 2.34. The Kier molecular flexibility index (Phi) is 6.57. The number of methoxy groups -OCH3 is 1. The number of hydrogen-bond acceptors (Lipinski definition) is 4. The van der Waals surface area contributed by atoms with Crippen molar-refractivity contribution >= 4 is 11.8 Å². The molecule has 0 aliphatic heterocycles. The Labute approximate surface area is 167 Å². The maximum Gasteiger partial charge on any atom is 0.387 e. The second kappa shape index (κ2) is 9.10. The molecule has 0 N–H and O–H groups in total. The molecule has 148 valence electrons. The van der Waals surface area contributed by atoms with E-state index in [9.17, 15) is 8.78 Å². The average Bonchev–Trinajstić information content (AvgIpc) is 3.10. The first-order valence-corrected chi connectivity index (χ1v) is 9.86. The SMILES string of the molecule is COc1ccc(-c2cnc(SCC(C)C)n2-c2ccc(OC(F)F)cc2)cc1. The molecule has 0 fully saturated rings. The van der Waals surface area contributed by atoms with E-state index in [0.717, 1.165) is 33.6 Å². The van der Waals surface area contributed by atoms with Gasteiger partial charge in [0.1, 0.15) is 11.5 Å². The third-order valence-electron chi connectivity index (χ3n) is 3.98.